The summed E-state index contributed by atoms with van der Waals surface area (Å²) in [6.45, 7) is 11.0. The molecule has 27 heavy (non-hydrogen) atoms. The van der Waals surface area contributed by atoms with Gasteiger partial charge in [0.1, 0.15) is 11.6 Å². The molecule has 0 unspecified atom stereocenters. The Morgan fingerprint density at radius 1 is 1.15 bits per heavy atom. The number of halogens is 2. The van der Waals surface area contributed by atoms with Gasteiger partial charge in [-0.25, -0.2) is 8.78 Å². The van der Waals surface area contributed by atoms with Gasteiger partial charge in [0.05, 0.1) is 12.1 Å². The molecule has 144 valence electrons. The van der Waals surface area contributed by atoms with E-state index in [2.05, 4.69) is 52.1 Å². The summed E-state index contributed by atoms with van der Waals surface area (Å²) in [6, 6.07) is 7.56. The molecule has 1 amide bonds. The van der Waals surface area contributed by atoms with Gasteiger partial charge in [0.25, 0.3) is 0 Å². The van der Waals surface area contributed by atoms with Gasteiger partial charge in [0, 0.05) is 6.07 Å². The van der Waals surface area contributed by atoms with Crippen LogP contribution in [0.15, 0.2) is 30.3 Å². The summed E-state index contributed by atoms with van der Waals surface area (Å²) in [5, 5.41) is 2.58. The number of fused-ring (bicyclic) bond motifs is 1. The van der Waals surface area contributed by atoms with E-state index in [4.69, 9.17) is 0 Å². The summed E-state index contributed by atoms with van der Waals surface area (Å²) >= 11 is 0. The second kappa shape index (κ2) is 6.74. The normalized spacial score (nSPS) is 15.5. The summed E-state index contributed by atoms with van der Waals surface area (Å²) in [4.78, 5) is 12.6. The minimum atomic E-state index is -0.766. The van der Waals surface area contributed by atoms with E-state index in [1.54, 1.807) is 0 Å². The van der Waals surface area contributed by atoms with Crippen molar-refractivity contribution in [3.63, 3.8) is 0 Å². The number of amides is 1. The fourth-order valence-electron chi connectivity index (χ4n) is 3.75. The molecule has 2 aromatic rings. The van der Waals surface area contributed by atoms with Crippen LogP contribution < -0.4 is 5.32 Å². The third kappa shape index (κ3) is 4.05. The number of carbonyl (C=O) groups is 1. The van der Waals surface area contributed by atoms with Crippen LogP contribution in [0.4, 0.5) is 14.5 Å². The fourth-order valence-corrected chi connectivity index (χ4v) is 3.75. The van der Waals surface area contributed by atoms with Crippen LogP contribution in [-0.2, 0) is 28.5 Å². The van der Waals surface area contributed by atoms with Crippen molar-refractivity contribution in [3.8, 4) is 0 Å². The van der Waals surface area contributed by atoms with Gasteiger partial charge in [-0.3, -0.25) is 4.79 Å². The highest BCUT2D eigenvalue weighted by atomic mass is 19.1. The van der Waals surface area contributed by atoms with E-state index in [-0.39, 0.29) is 28.8 Å². The summed E-state index contributed by atoms with van der Waals surface area (Å²) in [7, 11) is 0. The first kappa shape index (κ1) is 19.5. The van der Waals surface area contributed by atoms with Crippen LogP contribution in [0.1, 0.15) is 63.3 Å². The van der Waals surface area contributed by atoms with Crippen molar-refractivity contribution in [1.29, 1.82) is 0 Å². The predicted molar refractivity (Wildman–Crippen MR) is 105 cm³/mol. The molecule has 1 aliphatic carbocycles. The number of rotatable bonds is 3. The van der Waals surface area contributed by atoms with Gasteiger partial charge in [0.2, 0.25) is 5.91 Å². The summed E-state index contributed by atoms with van der Waals surface area (Å²) in [5.74, 6) is -1.72. The number of nitrogens with one attached hydrogen (secondary N) is 1. The van der Waals surface area contributed by atoms with Gasteiger partial charge in [-0.05, 0) is 58.1 Å². The molecule has 3 rings (SSSR count). The Morgan fingerprint density at radius 2 is 1.85 bits per heavy atom. The van der Waals surface area contributed by atoms with E-state index in [0.717, 1.165) is 30.5 Å². The molecule has 0 saturated carbocycles. The Bertz CT molecular complexity index is 894. The van der Waals surface area contributed by atoms with Crippen LogP contribution in [0.5, 0.6) is 0 Å². The third-order valence-corrected chi connectivity index (χ3v) is 5.49. The smallest absolute Gasteiger partial charge is 0.228 e. The molecule has 0 heterocycles. The second-order valence-electron chi connectivity index (χ2n) is 9.14. The van der Waals surface area contributed by atoms with E-state index >= 15 is 0 Å². The largest absolute Gasteiger partial charge is 0.323 e. The monoisotopic (exact) mass is 371 g/mol. The van der Waals surface area contributed by atoms with Crippen LogP contribution >= 0.6 is 0 Å². The molecule has 1 N–H and O–H groups in total. The Labute approximate surface area is 160 Å². The maximum absolute atomic E-state index is 13.8. The molecule has 0 aromatic heterocycles. The highest BCUT2D eigenvalue weighted by Crippen LogP contribution is 2.42. The van der Waals surface area contributed by atoms with Crippen molar-refractivity contribution in [2.75, 3.05) is 5.32 Å². The lowest BCUT2D eigenvalue weighted by Gasteiger charge is -2.26. The molecule has 2 aromatic carbocycles. The zero-order valence-electron chi connectivity index (χ0n) is 16.7. The lowest BCUT2D eigenvalue weighted by atomic mass is 9.79. The molecule has 2 nitrogen and oxygen atoms in total. The molecular weight excluding hydrogens is 344 g/mol. The first-order valence-corrected chi connectivity index (χ1v) is 9.39. The standard InChI is InChI=1S/C23H27F2NO/c1-22(2,3)15-10-14(17-8-9-23(4,5)18(17)12-15)11-21(27)26-20-7-6-16(24)13-19(20)25/h6-7,10,12-13H,8-9,11H2,1-5H3,(H,26,27). The van der Waals surface area contributed by atoms with Gasteiger partial charge in [-0.2, -0.15) is 0 Å². The number of carbonyl (C=O) groups excluding carboxylic acids is 1. The molecule has 0 aliphatic heterocycles. The first-order chi connectivity index (χ1) is 12.5. The molecule has 4 heteroatoms. The Hall–Kier alpha value is -2.23. The van der Waals surface area contributed by atoms with Gasteiger partial charge >= 0.3 is 0 Å². The van der Waals surface area contributed by atoms with Crippen molar-refractivity contribution < 1.29 is 13.6 Å². The van der Waals surface area contributed by atoms with Crippen molar-refractivity contribution in [2.45, 2.75) is 64.7 Å². The van der Waals surface area contributed by atoms with E-state index in [1.165, 1.54) is 22.8 Å². The number of hydrogen-bond donors (Lipinski definition) is 1. The molecule has 0 radical (unpaired) electrons. The molecule has 0 spiro atoms. The van der Waals surface area contributed by atoms with Gasteiger partial charge < -0.3 is 5.32 Å². The van der Waals surface area contributed by atoms with Crippen molar-refractivity contribution >= 4 is 11.6 Å². The number of benzene rings is 2. The Kier molecular flexibility index (Phi) is 4.87. The van der Waals surface area contributed by atoms with E-state index in [1.807, 2.05) is 0 Å². The van der Waals surface area contributed by atoms with Crippen LogP contribution in [0.2, 0.25) is 0 Å². The number of anilines is 1. The van der Waals surface area contributed by atoms with Gasteiger partial charge in [0.15, 0.2) is 0 Å². The average molecular weight is 371 g/mol. The number of hydrogen-bond acceptors (Lipinski definition) is 1. The zero-order valence-corrected chi connectivity index (χ0v) is 16.7. The van der Waals surface area contributed by atoms with Crippen LogP contribution in [0.25, 0.3) is 0 Å². The summed E-state index contributed by atoms with van der Waals surface area (Å²) in [6.07, 6.45) is 2.18. The van der Waals surface area contributed by atoms with Crippen molar-refractivity contribution in [3.05, 3.63) is 64.2 Å². The van der Waals surface area contributed by atoms with Gasteiger partial charge in [-0.15, -0.1) is 0 Å². The van der Waals surface area contributed by atoms with Crippen LogP contribution in [0.3, 0.4) is 0 Å². The second-order valence-corrected chi connectivity index (χ2v) is 9.14. The summed E-state index contributed by atoms with van der Waals surface area (Å²) < 4.78 is 26.9. The Balaban J connectivity index is 1.92. The highest BCUT2D eigenvalue weighted by molar-refractivity contribution is 5.92. The van der Waals surface area contributed by atoms with E-state index in [9.17, 15) is 13.6 Å². The molecule has 0 saturated heterocycles. The van der Waals surface area contributed by atoms with Gasteiger partial charge in [-0.1, -0.05) is 46.8 Å². The lowest BCUT2D eigenvalue weighted by Crippen LogP contribution is -2.20. The fraction of sp³-hybridized carbons (Fsp3) is 0.435. The first-order valence-electron chi connectivity index (χ1n) is 9.39. The van der Waals surface area contributed by atoms with Crippen LogP contribution in [0, 0.1) is 11.6 Å². The molecular formula is C23H27F2NO. The highest BCUT2D eigenvalue weighted by Gasteiger charge is 2.33. The lowest BCUT2D eigenvalue weighted by molar-refractivity contribution is -0.115. The maximum atomic E-state index is 13.8. The topological polar surface area (TPSA) is 29.1 Å². The molecule has 1 aliphatic rings. The molecule has 0 bridgehead atoms. The van der Waals surface area contributed by atoms with E-state index in [0.29, 0.717) is 0 Å². The van der Waals surface area contributed by atoms with Crippen molar-refractivity contribution in [1.82, 2.24) is 0 Å². The maximum Gasteiger partial charge on any atom is 0.228 e. The van der Waals surface area contributed by atoms with Crippen molar-refractivity contribution in [2.24, 2.45) is 0 Å². The quantitative estimate of drug-likeness (QED) is 0.740. The molecule has 0 atom stereocenters. The average Bonchev–Trinajstić information content (AvgIpc) is 2.85. The minimum absolute atomic E-state index is 0.00495. The Morgan fingerprint density at radius 3 is 2.48 bits per heavy atom. The predicted octanol–water partition coefficient (Wildman–Crippen LogP) is 5.67. The third-order valence-electron chi connectivity index (χ3n) is 5.49. The van der Waals surface area contributed by atoms with Crippen LogP contribution in [-0.4, -0.2) is 5.91 Å². The zero-order chi connectivity index (χ0) is 20.0. The van der Waals surface area contributed by atoms with E-state index < -0.39 is 11.6 Å². The summed E-state index contributed by atoms with van der Waals surface area (Å²) in [5.41, 5.74) is 4.82. The molecule has 0 fully saturated rings. The minimum Gasteiger partial charge on any atom is -0.323 e. The SMILES string of the molecule is CC(C)(C)c1cc(CC(=O)Nc2ccc(F)cc2F)c2c(c1)C(C)(C)CC2.